The molecular formula is C12H8ClF3N2O2. The normalized spacial score (nSPS) is 11.4. The third kappa shape index (κ3) is 3.58. The molecule has 0 aliphatic carbocycles. The number of aromatic nitrogens is 2. The monoisotopic (exact) mass is 304 g/mol. The van der Waals surface area contributed by atoms with Gasteiger partial charge in [-0.05, 0) is 29.3 Å². The first-order valence-electron chi connectivity index (χ1n) is 5.38. The second-order valence-corrected chi connectivity index (χ2v) is 4.10. The summed E-state index contributed by atoms with van der Waals surface area (Å²) in [5, 5.41) is 8.41. The molecule has 4 nitrogen and oxygen atoms in total. The maximum Gasteiger partial charge on any atom is 0.433 e. The Morgan fingerprint density at radius 2 is 1.95 bits per heavy atom. The zero-order valence-corrected chi connectivity index (χ0v) is 10.6. The topological polar surface area (TPSA) is 55.2 Å². The van der Waals surface area contributed by atoms with Crippen molar-refractivity contribution in [2.75, 3.05) is 0 Å². The quantitative estimate of drug-likeness (QED) is 0.883. The largest absolute Gasteiger partial charge is 0.439 e. The number of ether oxygens (including phenoxy) is 1. The molecule has 0 aliphatic heterocycles. The van der Waals surface area contributed by atoms with Crippen LogP contribution in [0.15, 0.2) is 30.3 Å². The van der Waals surface area contributed by atoms with Crippen LogP contribution in [0.4, 0.5) is 13.2 Å². The van der Waals surface area contributed by atoms with Gasteiger partial charge in [-0.25, -0.2) is 4.98 Å². The van der Waals surface area contributed by atoms with Crippen LogP contribution in [-0.4, -0.2) is 15.1 Å². The van der Waals surface area contributed by atoms with Gasteiger partial charge in [-0.3, -0.25) is 0 Å². The Hall–Kier alpha value is -1.86. The molecule has 0 unspecified atom stereocenters. The average molecular weight is 305 g/mol. The van der Waals surface area contributed by atoms with E-state index in [2.05, 4.69) is 9.97 Å². The number of hydrogen-bond acceptors (Lipinski definition) is 4. The lowest BCUT2D eigenvalue weighted by molar-refractivity contribution is -0.141. The van der Waals surface area contributed by atoms with E-state index in [1.54, 1.807) is 12.1 Å². The fourth-order valence-corrected chi connectivity index (χ4v) is 1.60. The average Bonchev–Trinajstić information content (AvgIpc) is 2.37. The maximum atomic E-state index is 12.6. The Bertz CT molecular complexity index is 620. The molecule has 1 N–H and O–H groups in total. The first kappa shape index (κ1) is 14.5. The molecule has 1 aromatic carbocycles. The van der Waals surface area contributed by atoms with Gasteiger partial charge in [0.25, 0.3) is 0 Å². The lowest BCUT2D eigenvalue weighted by atomic mass is 10.2. The summed E-state index contributed by atoms with van der Waals surface area (Å²) in [5.74, 6) is -0.0909. The molecule has 2 aromatic rings. The summed E-state index contributed by atoms with van der Waals surface area (Å²) >= 11 is 5.44. The van der Waals surface area contributed by atoms with Gasteiger partial charge in [0, 0.05) is 6.07 Å². The van der Waals surface area contributed by atoms with Crippen LogP contribution in [0.2, 0.25) is 5.28 Å². The molecule has 0 aliphatic rings. The molecule has 1 heterocycles. The summed E-state index contributed by atoms with van der Waals surface area (Å²) in [6, 6.07) is 6.87. The van der Waals surface area contributed by atoms with Crippen molar-refractivity contribution < 1.29 is 23.0 Å². The van der Waals surface area contributed by atoms with E-state index in [4.69, 9.17) is 21.4 Å². The summed E-state index contributed by atoms with van der Waals surface area (Å²) in [7, 11) is 0. The van der Waals surface area contributed by atoms with Crippen LogP contribution in [0.1, 0.15) is 11.3 Å². The van der Waals surface area contributed by atoms with Crippen LogP contribution in [-0.2, 0) is 12.8 Å². The molecule has 0 amide bonds. The first-order valence-corrected chi connectivity index (χ1v) is 5.76. The standard InChI is InChI=1S/C12H8ClF3N2O2/c13-11-17-9(12(14,15)16)5-10(18-11)20-8-3-1-2-7(4-8)6-19/h1-5,19H,6H2. The molecule has 20 heavy (non-hydrogen) atoms. The van der Waals surface area contributed by atoms with Gasteiger partial charge in [0.2, 0.25) is 11.2 Å². The Kier molecular flexibility index (Phi) is 4.10. The summed E-state index contributed by atoms with van der Waals surface area (Å²) in [6.07, 6.45) is -4.64. The number of benzene rings is 1. The van der Waals surface area contributed by atoms with E-state index in [0.717, 1.165) is 0 Å². The molecule has 1 aromatic heterocycles. The molecule has 0 atom stereocenters. The fourth-order valence-electron chi connectivity index (χ4n) is 1.42. The van der Waals surface area contributed by atoms with Crippen LogP contribution in [0.5, 0.6) is 11.6 Å². The molecule has 8 heteroatoms. The van der Waals surface area contributed by atoms with E-state index in [0.29, 0.717) is 11.6 Å². The van der Waals surface area contributed by atoms with E-state index >= 15 is 0 Å². The maximum absolute atomic E-state index is 12.6. The Balaban J connectivity index is 2.31. The van der Waals surface area contributed by atoms with E-state index in [1.807, 2.05) is 0 Å². The minimum atomic E-state index is -4.64. The predicted octanol–water partition coefficient (Wildman–Crippen LogP) is 3.43. The number of hydrogen-bond donors (Lipinski definition) is 1. The van der Waals surface area contributed by atoms with Crippen molar-refractivity contribution >= 4 is 11.6 Å². The van der Waals surface area contributed by atoms with Crippen molar-refractivity contribution in [2.24, 2.45) is 0 Å². The number of aliphatic hydroxyl groups excluding tert-OH is 1. The zero-order valence-electron chi connectivity index (χ0n) is 9.86. The molecule has 0 fully saturated rings. The van der Waals surface area contributed by atoms with Gasteiger partial charge in [-0.2, -0.15) is 18.2 Å². The second kappa shape index (κ2) is 5.64. The molecule has 2 rings (SSSR count). The van der Waals surface area contributed by atoms with Crippen LogP contribution >= 0.6 is 11.6 Å². The summed E-state index contributed by atoms with van der Waals surface area (Å²) < 4.78 is 42.9. The Morgan fingerprint density at radius 1 is 1.20 bits per heavy atom. The van der Waals surface area contributed by atoms with Gasteiger partial charge in [-0.1, -0.05) is 12.1 Å². The van der Waals surface area contributed by atoms with Crippen molar-refractivity contribution in [1.82, 2.24) is 9.97 Å². The van der Waals surface area contributed by atoms with Crippen molar-refractivity contribution in [3.05, 3.63) is 46.9 Å². The van der Waals surface area contributed by atoms with Crippen molar-refractivity contribution in [1.29, 1.82) is 0 Å². The van der Waals surface area contributed by atoms with Crippen LogP contribution in [0, 0.1) is 0 Å². The number of rotatable bonds is 3. The van der Waals surface area contributed by atoms with E-state index in [9.17, 15) is 13.2 Å². The van der Waals surface area contributed by atoms with E-state index < -0.39 is 17.2 Å². The molecule has 0 radical (unpaired) electrons. The molecule has 0 bridgehead atoms. The van der Waals surface area contributed by atoms with E-state index in [1.165, 1.54) is 12.1 Å². The van der Waals surface area contributed by atoms with Gasteiger partial charge in [0.05, 0.1) is 6.61 Å². The van der Waals surface area contributed by atoms with Crippen molar-refractivity contribution in [3.63, 3.8) is 0 Å². The third-order valence-corrected chi connectivity index (χ3v) is 2.44. The minimum absolute atomic E-state index is 0.213. The lowest BCUT2D eigenvalue weighted by Gasteiger charge is -2.09. The molecular weight excluding hydrogens is 297 g/mol. The van der Waals surface area contributed by atoms with Crippen LogP contribution < -0.4 is 4.74 Å². The molecule has 0 spiro atoms. The summed E-state index contributed by atoms with van der Waals surface area (Å²) in [4.78, 5) is 6.66. The van der Waals surface area contributed by atoms with Gasteiger partial charge < -0.3 is 9.84 Å². The Morgan fingerprint density at radius 3 is 2.60 bits per heavy atom. The van der Waals surface area contributed by atoms with Gasteiger partial charge in [-0.15, -0.1) is 0 Å². The summed E-state index contributed by atoms with van der Waals surface area (Å²) in [5.41, 5.74) is -0.635. The molecule has 106 valence electrons. The third-order valence-electron chi connectivity index (χ3n) is 2.27. The number of alkyl halides is 3. The highest BCUT2D eigenvalue weighted by Crippen LogP contribution is 2.31. The van der Waals surface area contributed by atoms with Gasteiger partial charge in [0.1, 0.15) is 5.75 Å². The number of aliphatic hydroxyl groups is 1. The number of halogens is 4. The van der Waals surface area contributed by atoms with Gasteiger partial charge in [0.15, 0.2) is 5.69 Å². The number of nitrogens with zero attached hydrogens (tertiary/aromatic N) is 2. The SMILES string of the molecule is OCc1cccc(Oc2cc(C(F)(F)F)nc(Cl)n2)c1. The van der Waals surface area contributed by atoms with E-state index in [-0.39, 0.29) is 18.2 Å². The summed E-state index contributed by atoms with van der Waals surface area (Å²) in [6.45, 7) is -0.213. The minimum Gasteiger partial charge on any atom is -0.439 e. The molecule has 0 saturated carbocycles. The molecule has 0 saturated heterocycles. The zero-order chi connectivity index (χ0) is 14.8. The fraction of sp³-hybridized carbons (Fsp3) is 0.167. The second-order valence-electron chi connectivity index (χ2n) is 3.77. The Labute approximate surface area is 116 Å². The highest BCUT2D eigenvalue weighted by atomic mass is 35.5. The van der Waals surface area contributed by atoms with Crippen molar-refractivity contribution in [2.45, 2.75) is 12.8 Å². The van der Waals surface area contributed by atoms with Crippen molar-refractivity contribution in [3.8, 4) is 11.6 Å². The first-order chi connectivity index (χ1) is 9.38. The highest BCUT2D eigenvalue weighted by molar-refractivity contribution is 6.28. The highest BCUT2D eigenvalue weighted by Gasteiger charge is 2.33. The predicted molar refractivity (Wildman–Crippen MR) is 64.5 cm³/mol. The lowest BCUT2D eigenvalue weighted by Crippen LogP contribution is -2.09. The van der Waals surface area contributed by atoms with Crippen LogP contribution in [0.25, 0.3) is 0 Å². The smallest absolute Gasteiger partial charge is 0.433 e. The van der Waals surface area contributed by atoms with Crippen LogP contribution in [0.3, 0.4) is 0 Å². The van der Waals surface area contributed by atoms with Gasteiger partial charge >= 0.3 is 6.18 Å².